The first-order chi connectivity index (χ1) is 14.7. The van der Waals surface area contributed by atoms with E-state index in [1.165, 1.54) is 23.1 Å². The molecule has 0 spiro atoms. The number of anilines is 1. The molecule has 0 saturated carbocycles. The van der Waals surface area contributed by atoms with Gasteiger partial charge in [-0.25, -0.2) is 4.98 Å². The molecule has 3 rings (SSSR count). The Bertz CT molecular complexity index is 1080. The first kappa shape index (κ1) is 23.0. The normalized spacial score (nSPS) is 12.1. The van der Waals surface area contributed by atoms with Gasteiger partial charge in [-0.2, -0.15) is 0 Å². The van der Waals surface area contributed by atoms with E-state index in [2.05, 4.69) is 25.8 Å². The molecule has 3 aromatic rings. The highest BCUT2D eigenvalue weighted by atomic mass is 32.2. The van der Waals surface area contributed by atoms with Crippen LogP contribution < -0.4 is 10.6 Å². The van der Waals surface area contributed by atoms with E-state index in [9.17, 15) is 9.59 Å². The van der Waals surface area contributed by atoms with Crippen LogP contribution in [0.4, 0.5) is 5.13 Å². The lowest BCUT2D eigenvalue weighted by atomic mass is 10.0. The maximum absolute atomic E-state index is 12.8. The average molecular weight is 459 g/mol. The molecule has 2 amide bonds. The molecule has 0 unspecified atom stereocenters. The highest BCUT2D eigenvalue weighted by Gasteiger charge is 2.25. The van der Waals surface area contributed by atoms with Gasteiger partial charge in [0, 0.05) is 18.0 Å². The van der Waals surface area contributed by atoms with Crippen molar-refractivity contribution in [3.05, 3.63) is 52.3 Å². The molecule has 2 aromatic heterocycles. The summed E-state index contributed by atoms with van der Waals surface area (Å²) in [6, 6.07) is 7.15. The molecule has 8 nitrogen and oxygen atoms in total. The largest absolute Gasteiger partial charge is 0.342 e. The second-order valence-corrected chi connectivity index (χ2v) is 9.40. The number of nitrogens with one attached hydrogen (secondary N) is 2. The molecule has 0 aliphatic heterocycles. The Labute approximate surface area is 189 Å². The first-order valence-corrected chi connectivity index (χ1v) is 11.7. The number of carbonyl (C=O) groups is 2. The zero-order chi connectivity index (χ0) is 22.5. The van der Waals surface area contributed by atoms with Crippen molar-refractivity contribution in [1.29, 1.82) is 0 Å². The van der Waals surface area contributed by atoms with Crippen LogP contribution in [0.15, 0.2) is 34.8 Å². The second-order valence-electron chi connectivity index (χ2n) is 7.60. The third kappa shape index (κ3) is 5.92. The Morgan fingerprint density at radius 2 is 2.00 bits per heavy atom. The van der Waals surface area contributed by atoms with E-state index in [4.69, 9.17) is 0 Å². The van der Waals surface area contributed by atoms with Gasteiger partial charge < -0.3 is 15.2 Å². The van der Waals surface area contributed by atoms with E-state index in [0.717, 1.165) is 11.3 Å². The summed E-state index contributed by atoms with van der Waals surface area (Å²) in [7, 11) is 1.84. The summed E-state index contributed by atoms with van der Waals surface area (Å²) in [5, 5.41) is 17.5. The minimum atomic E-state index is -0.313. The van der Waals surface area contributed by atoms with Crippen LogP contribution in [-0.4, -0.2) is 37.3 Å². The number of benzene rings is 1. The van der Waals surface area contributed by atoms with Crippen molar-refractivity contribution in [2.75, 3.05) is 11.1 Å². The number of thiazole rings is 1. The number of hydrogen-bond donors (Lipinski definition) is 2. The van der Waals surface area contributed by atoms with Gasteiger partial charge in [-0.05, 0) is 31.9 Å². The molecule has 0 radical (unpaired) electrons. The summed E-state index contributed by atoms with van der Waals surface area (Å²) in [6.07, 6.45) is 0. The van der Waals surface area contributed by atoms with Gasteiger partial charge in [0.15, 0.2) is 16.1 Å². The Hall–Kier alpha value is -2.72. The number of thioether (sulfide) groups is 1. The smallest absolute Gasteiger partial charge is 0.251 e. The molecular weight excluding hydrogens is 432 g/mol. The number of hydrogen-bond acceptors (Lipinski definition) is 7. The van der Waals surface area contributed by atoms with Gasteiger partial charge in [-0.1, -0.05) is 43.3 Å². The van der Waals surface area contributed by atoms with E-state index >= 15 is 0 Å². The van der Waals surface area contributed by atoms with E-state index in [-0.39, 0.29) is 29.5 Å². The van der Waals surface area contributed by atoms with Crippen molar-refractivity contribution in [2.45, 2.75) is 38.9 Å². The molecule has 0 aliphatic rings. The predicted octanol–water partition coefficient (Wildman–Crippen LogP) is 3.75. The van der Waals surface area contributed by atoms with E-state index in [0.29, 0.717) is 21.7 Å². The molecule has 1 atom stereocenters. The standard InChI is InChI=1S/C21H26N6O2S2/c1-12(2)17(24-19(29)15-8-6-7-13(3)9-15)18-25-26-21(27(18)5)31-11-16(28)23-20-22-14(4)10-30-20/h6-10,12,17H,11H2,1-5H3,(H,24,29)(H,22,23,28)/t17-/m0/s1. The number of aryl methyl sites for hydroxylation is 2. The molecular formula is C21H26N6O2S2. The van der Waals surface area contributed by atoms with Crippen molar-refractivity contribution in [1.82, 2.24) is 25.1 Å². The number of rotatable bonds is 8. The molecule has 0 saturated heterocycles. The van der Waals surface area contributed by atoms with E-state index in [1.54, 1.807) is 6.07 Å². The van der Waals surface area contributed by atoms with Gasteiger partial charge in [0.2, 0.25) is 5.91 Å². The van der Waals surface area contributed by atoms with Crippen molar-refractivity contribution >= 4 is 40.0 Å². The lowest BCUT2D eigenvalue weighted by molar-refractivity contribution is -0.113. The molecule has 164 valence electrons. The highest BCUT2D eigenvalue weighted by Crippen LogP contribution is 2.25. The molecule has 0 aliphatic carbocycles. The van der Waals surface area contributed by atoms with E-state index < -0.39 is 0 Å². The molecule has 2 N–H and O–H groups in total. The van der Waals surface area contributed by atoms with Gasteiger partial charge in [-0.15, -0.1) is 21.5 Å². The van der Waals surface area contributed by atoms with Crippen LogP contribution in [0.1, 0.15) is 47.3 Å². The molecule has 0 bridgehead atoms. The van der Waals surface area contributed by atoms with E-state index in [1.807, 2.05) is 62.9 Å². The summed E-state index contributed by atoms with van der Waals surface area (Å²) in [6.45, 7) is 7.87. The lowest BCUT2D eigenvalue weighted by Gasteiger charge is -2.21. The summed E-state index contributed by atoms with van der Waals surface area (Å²) in [5.41, 5.74) is 2.51. The van der Waals surface area contributed by atoms with Crippen molar-refractivity contribution < 1.29 is 9.59 Å². The van der Waals surface area contributed by atoms with Crippen LogP contribution in [-0.2, 0) is 11.8 Å². The van der Waals surface area contributed by atoms with Crippen LogP contribution in [0.5, 0.6) is 0 Å². The topological polar surface area (TPSA) is 102 Å². The molecule has 2 heterocycles. The number of amides is 2. The third-order valence-corrected chi connectivity index (χ3v) is 6.47. The fourth-order valence-corrected chi connectivity index (χ4v) is 4.38. The Balaban J connectivity index is 1.67. The summed E-state index contributed by atoms with van der Waals surface area (Å²) < 4.78 is 1.83. The molecule has 31 heavy (non-hydrogen) atoms. The Morgan fingerprint density at radius 1 is 1.23 bits per heavy atom. The van der Waals surface area contributed by atoms with Gasteiger partial charge in [0.05, 0.1) is 17.5 Å². The average Bonchev–Trinajstić information content (AvgIpc) is 3.29. The Morgan fingerprint density at radius 3 is 2.65 bits per heavy atom. The fourth-order valence-electron chi connectivity index (χ4n) is 2.96. The fraction of sp³-hybridized carbons (Fsp3) is 0.381. The molecule has 0 fully saturated rings. The number of nitrogens with zero attached hydrogens (tertiary/aromatic N) is 4. The SMILES string of the molecule is Cc1cccc(C(=O)N[C@H](c2nnc(SCC(=O)Nc3nc(C)cs3)n2C)C(C)C)c1. The van der Waals surface area contributed by atoms with Crippen molar-refractivity contribution in [3.63, 3.8) is 0 Å². The maximum atomic E-state index is 12.8. The second kappa shape index (κ2) is 10.1. The summed E-state index contributed by atoms with van der Waals surface area (Å²) >= 11 is 2.68. The minimum Gasteiger partial charge on any atom is -0.342 e. The third-order valence-electron chi connectivity index (χ3n) is 4.58. The van der Waals surface area contributed by atoms with Crippen molar-refractivity contribution in [3.8, 4) is 0 Å². The lowest BCUT2D eigenvalue weighted by Crippen LogP contribution is -2.33. The minimum absolute atomic E-state index is 0.103. The number of aromatic nitrogens is 4. The van der Waals surface area contributed by atoms with Gasteiger partial charge in [-0.3, -0.25) is 9.59 Å². The van der Waals surface area contributed by atoms with Crippen LogP contribution in [0.3, 0.4) is 0 Å². The molecule has 1 aromatic carbocycles. The van der Waals surface area contributed by atoms with Gasteiger partial charge >= 0.3 is 0 Å². The monoisotopic (exact) mass is 458 g/mol. The zero-order valence-electron chi connectivity index (χ0n) is 18.2. The van der Waals surface area contributed by atoms with Crippen molar-refractivity contribution in [2.24, 2.45) is 13.0 Å². The maximum Gasteiger partial charge on any atom is 0.251 e. The summed E-state index contributed by atoms with van der Waals surface area (Å²) in [5.74, 6) is 0.627. The predicted molar refractivity (Wildman–Crippen MR) is 123 cm³/mol. The first-order valence-electron chi connectivity index (χ1n) is 9.86. The van der Waals surface area contributed by atoms with Crippen LogP contribution >= 0.6 is 23.1 Å². The van der Waals surface area contributed by atoms with Crippen LogP contribution in [0, 0.1) is 19.8 Å². The van der Waals surface area contributed by atoms with Gasteiger partial charge in [0.1, 0.15) is 0 Å². The zero-order valence-corrected chi connectivity index (χ0v) is 19.8. The quantitative estimate of drug-likeness (QED) is 0.499. The summed E-state index contributed by atoms with van der Waals surface area (Å²) in [4.78, 5) is 29.2. The van der Waals surface area contributed by atoms with Gasteiger partial charge in [0.25, 0.3) is 5.91 Å². The number of carbonyl (C=O) groups excluding carboxylic acids is 2. The molecule has 10 heteroatoms. The van der Waals surface area contributed by atoms with Crippen LogP contribution in [0.2, 0.25) is 0 Å². The Kier molecular flexibility index (Phi) is 7.45. The van der Waals surface area contributed by atoms with Crippen LogP contribution in [0.25, 0.3) is 0 Å². The highest BCUT2D eigenvalue weighted by molar-refractivity contribution is 7.99.